The summed E-state index contributed by atoms with van der Waals surface area (Å²) in [6.07, 6.45) is 3.97. The van der Waals surface area contributed by atoms with Crippen LogP contribution in [0.3, 0.4) is 0 Å². The molecule has 0 spiro atoms. The number of allylic oxidation sites excluding steroid dienone is 2. The molecule has 6 nitrogen and oxygen atoms in total. The molecular formula is C12H16N2O4. The summed E-state index contributed by atoms with van der Waals surface area (Å²) >= 11 is 0. The molecule has 6 heteroatoms. The molecule has 1 aliphatic carbocycles. The van der Waals surface area contributed by atoms with Crippen LogP contribution in [-0.4, -0.2) is 35.9 Å². The van der Waals surface area contributed by atoms with E-state index in [2.05, 4.69) is 10.3 Å². The third-order valence-corrected chi connectivity index (χ3v) is 2.87. The van der Waals surface area contributed by atoms with Crippen LogP contribution in [0.25, 0.3) is 0 Å². The van der Waals surface area contributed by atoms with E-state index in [0.29, 0.717) is 25.1 Å². The number of ether oxygens (including phenoxy) is 1. The van der Waals surface area contributed by atoms with E-state index in [4.69, 9.17) is 9.84 Å². The van der Waals surface area contributed by atoms with Crippen LogP contribution in [0.15, 0.2) is 16.4 Å². The number of Topliss-reactive ketones (excluding diaryl/α,β-unsaturated/α-hetero) is 1. The van der Waals surface area contributed by atoms with Gasteiger partial charge < -0.3 is 15.2 Å². The molecule has 0 aromatic heterocycles. The first-order valence-electron chi connectivity index (χ1n) is 6.07. The minimum Gasteiger partial charge on any atom is -0.481 e. The Labute approximate surface area is 105 Å². The lowest BCUT2D eigenvalue weighted by molar-refractivity contribution is -0.137. The Kier molecular flexibility index (Phi) is 4.09. The highest BCUT2D eigenvalue weighted by Gasteiger charge is 2.24. The average Bonchev–Trinajstić information content (AvgIpc) is 2.35. The molecule has 18 heavy (non-hydrogen) atoms. The van der Waals surface area contributed by atoms with Gasteiger partial charge in [-0.15, -0.1) is 0 Å². The molecule has 0 bridgehead atoms. The lowest BCUT2D eigenvalue weighted by Gasteiger charge is -2.26. The smallest absolute Gasteiger partial charge is 0.303 e. The predicted molar refractivity (Wildman–Crippen MR) is 64.1 cm³/mol. The maximum atomic E-state index is 11.6. The van der Waals surface area contributed by atoms with E-state index in [0.717, 1.165) is 18.5 Å². The summed E-state index contributed by atoms with van der Waals surface area (Å²) in [7, 11) is 0. The Bertz CT molecular complexity index is 414. The highest BCUT2D eigenvalue weighted by molar-refractivity contribution is 5.98. The Morgan fingerprint density at radius 2 is 2.39 bits per heavy atom. The van der Waals surface area contributed by atoms with Gasteiger partial charge in [0.1, 0.15) is 5.70 Å². The Balaban J connectivity index is 1.80. The predicted octanol–water partition coefficient (Wildman–Crippen LogP) is 0.833. The molecule has 2 N–H and O–H groups in total. The topological polar surface area (TPSA) is 88.0 Å². The van der Waals surface area contributed by atoms with Crippen LogP contribution in [0.2, 0.25) is 0 Å². The van der Waals surface area contributed by atoms with E-state index in [1.165, 1.54) is 0 Å². The number of carbonyl (C=O) groups is 2. The third-order valence-electron chi connectivity index (χ3n) is 2.87. The van der Waals surface area contributed by atoms with Gasteiger partial charge in [0.05, 0.1) is 12.8 Å². The standard InChI is InChI=1S/C12H16N2O4/c15-9-4-1-3-8-12(9)13-7-10(14-8)18-6-2-5-11(16)17/h7,10,14H,1-6H2,(H,16,17). The molecule has 1 aliphatic heterocycles. The van der Waals surface area contributed by atoms with Crippen molar-refractivity contribution in [2.24, 2.45) is 4.99 Å². The summed E-state index contributed by atoms with van der Waals surface area (Å²) in [6.45, 7) is 0.354. The number of carbonyl (C=O) groups excluding carboxylic acids is 1. The molecule has 0 amide bonds. The molecule has 2 rings (SSSR count). The van der Waals surface area contributed by atoms with E-state index < -0.39 is 5.97 Å². The van der Waals surface area contributed by atoms with Crippen LogP contribution in [0.4, 0.5) is 0 Å². The normalized spacial score (nSPS) is 22.7. The molecular weight excluding hydrogens is 236 g/mol. The summed E-state index contributed by atoms with van der Waals surface area (Å²) in [4.78, 5) is 26.0. The second-order valence-electron chi connectivity index (χ2n) is 4.32. The summed E-state index contributed by atoms with van der Waals surface area (Å²) in [6, 6.07) is 0. The fourth-order valence-electron chi connectivity index (χ4n) is 1.99. The number of rotatable bonds is 5. The fourth-order valence-corrected chi connectivity index (χ4v) is 1.99. The molecule has 0 aromatic rings. The fraction of sp³-hybridized carbons (Fsp3) is 0.583. The van der Waals surface area contributed by atoms with Gasteiger partial charge in [0, 0.05) is 18.5 Å². The highest BCUT2D eigenvalue weighted by Crippen LogP contribution is 2.23. The molecule has 1 atom stereocenters. The van der Waals surface area contributed by atoms with Crippen LogP contribution in [0.5, 0.6) is 0 Å². The van der Waals surface area contributed by atoms with Gasteiger partial charge in [-0.1, -0.05) is 0 Å². The summed E-state index contributed by atoms with van der Waals surface area (Å²) < 4.78 is 5.45. The quantitative estimate of drug-likeness (QED) is 0.708. The van der Waals surface area contributed by atoms with Crippen molar-refractivity contribution in [2.45, 2.75) is 38.3 Å². The van der Waals surface area contributed by atoms with Gasteiger partial charge in [-0.2, -0.15) is 0 Å². The second kappa shape index (κ2) is 5.77. The molecule has 0 fully saturated rings. The minimum absolute atomic E-state index is 0.0735. The SMILES string of the molecule is O=C(O)CCCOC1C=NC2=C(CCCC2=O)N1. The largest absolute Gasteiger partial charge is 0.481 e. The van der Waals surface area contributed by atoms with Crippen LogP contribution in [-0.2, 0) is 14.3 Å². The molecule has 0 saturated heterocycles. The number of ketones is 1. The molecule has 2 aliphatic rings. The summed E-state index contributed by atoms with van der Waals surface area (Å²) in [5.41, 5.74) is 1.36. The first-order chi connectivity index (χ1) is 8.66. The van der Waals surface area contributed by atoms with Crippen LogP contribution < -0.4 is 5.32 Å². The second-order valence-corrected chi connectivity index (χ2v) is 4.32. The van der Waals surface area contributed by atoms with Gasteiger partial charge in [-0.25, -0.2) is 0 Å². The lowest BCUT2D eigenvalue weighted by Crippen LogP contribution is -2.38. The van der Waals surface area contributed by atoms with Crippen molar-refractivity contribution in [2.75, 3.05) is 6.61 Å². The van der Waals surface area contributed by atoms with Crippen molar-refractivity contribution in [3.8, 4) is 0 Å². The Morgan fingerprint density at radius 1 is 1.56 bits per heavy atom. The van der Waals surface area contributed by atoms with E-state index >= 15 is 0 Å². The molecule has 0 saturated carbocycles. The van der Waals surface area contributed by atoms with E-state index in [9.17, 15) is 9.59 Å². The van der Waals surface area contributed by atoms with Gasteiger partial charge in [-0.3, -0.25) is 14.6 Å². The number of nitrogens with zero attached hydrogens (tertiary/aromatic N) is 1. The Hall–Kier alpha value is -1.69. The van der Waals surface area contributed by atoms with E-state index in [-0.39, 0.29) is 18.4 Å². The lowest BCUT2D eigenvalue weighted by atomic mass is 9.99. The summed E-state index contributed by atoms with van der Waals surface area (Å²) in [5, 5.41) is 11.6. The van der Waals surface area contributed by atoms with Crippen molar-refractivity contribution < 1.29 is 19.4 Å². The third kappa shape index (κ3) is 3.16. The van der Waals surface area contributed by atoms with Crippen molar-refractivity contribution in [3.05, 3.63) is 11.4 Å². The number of aliphatic carboxylic acids is 1. The minimum atomic E-state index is -0.827. The Morgan fingerprint density at radius 3 is 3.17 bits per heavy atom. The van der Waals surface area contributed by atoms with Crippen molar-refractivity contribution >= 4 is 18.0 Å². The van der Waals surface area contributed by atoms with Crippen molar-refractivity contribution in [3.63, 3.8) is 0 Å². The number of hydrogen-bond acceptors (Lipinski definition) is 5. The number of carboxylic acid groups (broad SMARTS) is 1. The monoisotopic (exact) mass is 252 g/mol. The van der Waals surface area contributed by atoms with Gasteiger partial charge in [0.15, 0.2) is 12.0 Å². The number of nitrogens with one attached hydrogen (secondary N) is 1. The van der Waals surface area contributed by atoms with E-state index in [1.807, 2.05) is 0 Å². The van der Waals surface area contributed by atoms with Crippen LogP contribution in [0.1, 0.15) is 32.1 Å². The first kappa shape index (κ1) is 12.8. The highest BCUT2D eigenvalue weighted by atomic mass is 16.5. The first-order valence-corrected chi connectivity index (χ1v) is 6.07. The van der Waals surface area contributed by atoms with Crippen molar-refractivity contribution in [1.29, 1.82) is 0 Å². The molecule has 0 aromatic carbocycles. The zero-order valence-electron chi connectivity index (χ0n) is 10.0. The maximum Gasteiger partial charge on any atom is 0.303 e. The van der Waals surface area contributed by atoms with E-state index in [1.54, 1.807) is 6.21 Å². The van der Waals surface area contributed by atoms with Crippen LogP contribution >= 0.6 is 0 Å². The molecule has 0 radical (unpaired) electrons. The number of aliphatic imine (C=N–C) groups is 1. The number of hydrogen-bond donors (Lipinski definition) is 2. The van der Waals surface area contributed by atoms with Crippen LogP contribution in [0, 0.1) is 0 Å². The zero-order chi connectivity index (χ0) is 13.0. The molecule has 1 unspecified atom stereocenters. The zero-order valence-corrected chi connectivity index (χ0v) is 10.0. The summed E-state index contributed by atoms with van der Waals surface area (Å²) in [5.74, 6) is -0.754. The molecule has 1 heterocycles. The van der Waals surface area contributed by atoms with Gasteiger partial charge in [0.2, 0.25) is 0 Å². The number of carboxylic acids is 1. The average molecular weight is 252 g/mol. The van der Waals surface area contributed by atoms with Crippen molar-refractivity contribution in [1.82, 2.24) is 5.32 Å². The van der Waals surface area contributed by atoms with Gasteiger partial charge >= 0.3 is 5.97 Å². The maximum absolute atomic E-state index is 11.6. The molecule has 98 valence electrons. The van der Waals surface area contributed by atoms with Gasteiger partial charge in [-0.05, 0) is 19.3 Å². The van der Waals surface area contributed by atoms with Gasteiger partial charge in [0.25, 0.3) is 0 Å².